The summed E-state index contributed by atoms with van der Waals surface area (Å²) in [5.41, 5.74) is 0. The molecule has 2 saturated heterocycles. The van der Waals surface area contributed by atoms with Crippen molar-refractivity contribution in [2.75, 3.05) is 26.8 Å². The fraction of sp³-hybridized carbons (Fsp3) is 0.909. The van der Waals surface area contributed by atoms with Crippen LogP contribution < -0.4 is 5.32 Å². The van der Waals surface area contributed by atoms with E-state index in [1.165, 1.54) is 0 Å². The molecule has 0 aromatic rings. The van der Waals surface area contributed by atoms with Crippen LogP contribution >= 0.6 is 0 Å². The van der Waals surface area contributed by atoms with Crippen LogP contribution in [0.25, 0.3) is 0 Å². The maximum atomic E-state index is 12.2. The number of carbonyl (C=O) groups is 1. The second kappa shape index (κ2) is 4.49. The smallest absolute Gasteiger partial charge is 0.229 e. The highest BCUT2D eigenvalue weighted by molar-refractivity contribution is 5.80. The third kappa shape index (κ3) is 2.01. The van der Waals surface area contributed by atoms with Gasteiger partial charge in [-0.15, -0.1) is 0 Å². The highest BCUT2D eigenvalue weighted by Gasteiger charge is 2.38. The van der Waals surface area contributed by atoms with E-state index >= 15 is 0 Å². The van der Waals surface area contributed by atoms with Gasteiger partial charge in [0.15, 0.2) is 0 Å². The third-order valence-corrected chi connectivity index (χ3v) is 3.60. The van der Waals surface area contributed by atoms with Crippen LogP contribution in [-0.2, 0) is 9.53 Å². The topological polar surface area (TPSA) is 41.6 Å². The van der Waals surface area contributed by atoms with E-state index in [0.717, 1.165) is 19.4 Å². The van der Waals surface area contributed by atoms with Gasteiger partial charge in [-0.2, -0.15) is 0 Å². The van der Waals surface area contributed by atoms with E-state index in [-0.39, 0.29) is 17.9 Å². The first-order chi connectivity index (χ1) is 7.24. The minimum absolute atomic E-state index is 0.0237. The van der Waals surface area contributed by atoms with Crippen LogP contribution in [0.2, 0.25) is 0 Å². The molecule has 86 valence electrons. The molecular weight excluding hydrogens is 192 g/mol. The van der Waals surface area contributed by atoms with Crippen LogP contribution in [0.3, 0.4) is 0 Å². The highest BCUT2D eigenvalue weighted by Crippen LogP contribution is 2.23. The lowest BCUT2D eigenvalue weighted by Crippen LogP contribution is -2.45. The molecule has 15 heavy (non-hydrogen) atoms. The molecule has 0 spiro atoms. The Hall–Kier alpha value is -0.610. The number of hydrogen-bond acceptors (Lipinski definition) is 3. The summed E-state index contributed by atoms with van der Waals surface area (Å²) in [5, 5.41) is 3.16. The van der Waals surface area contributed by atoms with Crippen molar-refractivity contribution in [2.24, 2.45) is 5.92 Å². The van der Waals surface area contributed by atoms with Gasteiger partial charge >= 0.3 is 0 Å². The van der Waals surface area contributed by atoms with Gasteiger partial charge in [0.05, 0.1) is 19.1 Å². The van der Waals surface area contributed by atoms with Crippen molar-refractivity contribution in [3.63, 3.8) is 0 Å². The zero-order valence-electron chi connectivity index (χ0n) is 9.53. The Kier molecular flexibility index (Phi) is 3.26. The minimum Gasteiger partial charge on any atom is -0.379 e. The summed E-state index contributed by atoms with van der Waals surface area (Å²) in [6.45, 7) is 4.30. The standard InChI is InChI=1S/C11H20N2O2/c1-8-4-3-5-13(8)11(14)9-6-15-7-10(9)12-2/h8-10,12H,3-7H2,1-2H3. The number of nitrogens with zero attached hydrogens (tertiary/aromatic N) is 1. The summed E-state index contributed by atoms with van der Waals surface area (Å²) in [6, 6.07) is 0.612. The Morgan fingerprint density at radius 3 is 2.87 bits per heavy atom. The molecule has 0 radical (unpaired) electrons. The van der Waals surface area contributed by atoms with Gasteiger partial charge in [-0.1, -0.05) is 0 Å². The van der Waals surface area contributed by atoms with Gasteiger partial charge in [0, 0.05) is 18.6 Å². The number of nitrogens with one attached hydrogen (secondary N) is 1. The van der Waals surface area contributed by atoms with Gasteiger partial charge in [0.25, 0.3) is 0 Å². The SMILES string of the molecule is CNC1COCC1C(=O)N1CCCC1C. The van der Waals surface area contributed by atoms with Gasteiger partial charge in [-0.05, 0) is 26.8 Å². The van der Waals surface area contributed by atoms with Crippen LogP contribution in [0.5, 0.6) is 0 Å². The second-order valence-electron chi connectivity index (χ2n) is 4.56. The average Bonchev–Trinajstić information content (AvgIpc) is 2.84. The fourth-order valence-electron chi connectivity index (χ4n) is 2.56. The van der Waals surface area contributed by atoms with Crippen molar-refractivity contribution in [3.05, 3.63) is 0 Å². The predicted octanol–water partition coefficient (Wildman–Crippen LogP) is 0.232. The predicted molar refractivity (Wildman–Crippen MR) is 57.6 cm³/mol. The van der Waals surface area contributed by atoms with Crippen molar-refractivity contribution < 1.29 is 9.53 Å². The highest BCUT2D eigenvalue weighted by atomic mass is 16.5. The van der Waals surface area contributed by atoms with Crippen LogP contribution in [0.15, 0.2) is 0 Å². The lowest BCUT2D eigenvalue weighted by molar-refractivity contribution is -0.136. The molecule has 3 unspecified atom stereocenters. The van der Waals surface area contributed by atoms with Crippen molar-refractivity contribution in [2.45, 2.75) is 31.8 Å². The number of ether oxygens (including phenoxy) is 1. The minimum atomic E-state index is 0.0237. The summed E-state index contributed by atoms with van der Waals surface area (Å²) in [7, 11) is 1.90. The molecule has 0 aromatic heterocycles. The van der Waals surface area contributed by atoms with E-state index in [4.69, 9.17) is 4.74 Å². The van der Waals surface area contributed by atoms with Crippen LogP contribution in [0.4, 0.5) is 0 Å². The first-order valence-corrected chi connectivity index (χ1v) is 5.79. The summed E-state index contributed by atoms with van der Waals surface area (Å²) in [5.74, 6) is 0.299. The number of amides is 1. The number of likely N-dealkylation sites (tertiary alicyclic amines) is 1. The molecule has 0 aliphatic carbocycles. The zero-order chi connectivity index (χ0) is 10.8. The van der Waals surface area contributed by atoms with Crippen molar-refractivity contribution >= 4 is 5.91 Å². The number of hydrogen-bond donors (Lipinski definition) is 1. The molecule has 1 amide bonds. The van der Waals surface area contributed by atoms with E-state index in [1.807, 2.05) is 11.9 Å². The number of rotatable bonds is 2. The molecular formula is C11H20N2O2. The molecule has 2 aliphatic rings. The summed E-state index contributed by atoms with van der Waals surface area (Å²) < 4.78 is 5.37. The molecule has 2 fully saturated rings. The molecule has 0 aromatic carbocycles. The second-order valence-corrected chi connectivity index (χ2v) is 4.56. The fourth-order valence-corrected chi connectivity index (χ4v) is 2.56. The maximum Gasteiger partial charge on any atom is 0.229 e. The van der Waals surface area contributed by atoms with Gasteiger partial charge in [0.1, 0.15) is 0 Å². The van der Waals surface area contributed by atoms with E-state index in [0.29, 0.717) is 19.3 Å². The Balaban J connectivity index is 2.00. The first-order valence-electron chi connectivity index (χ1n) is 5.79. The summed E-state index contributed by atoms with van der Waals surface area (Å²) in [6.07, 6.45) is 2.29. The van der Waals surface area contributed by atoms with Gasteiger partial charge in [-0.3, -0.25) is 4.79 Å². The van der Waals surface area contributed by atoms with Crippen LogP contribution in [-0.4, -0.2) is 49.7 Å². The van der Waals surface area contributed by atoms with Crippen LogP contribution in [0.1, 0.15) is 19.8 Å². The van der Waals surface area contributed by atoms with Crippen LogP contribution in [0, 0.1) is 5.92 Å². The molecule has 4 nitrogen and oxygen atoms in total. The number of carbonyl (C=O) groups excluding carboxylic acids is 1. The summed E-state index contributed by atoms with van der Waals surface area (Å²) in [4.78, 5) is 14.3. The maximum absolute atomic E-state index is 12.2. The Labute approximate surface area is 91.0 Å². The Bertz CT molecular complexity index is 245. The van der Waals surface area contributed by atoms with Gasteiger partial charge in [-0.25, -0.2) is 0 Å². The van der Waals surface area contributed by atoms with E-state index in [1.54, 1.807) is 0 Å². The average molecular weight is 212 g/mol. The number of likely N-dealkylation sites (N-methyl/N-ethyl adjacent to an activating group) is 1. The van der Waals surface area contributed by atoms with E-state index < -0.39 is 0 Å². The van der Waals surface area contributed by atoms with Gasteiger partial charge < -0.3 is 15.0 Å². The van der Waals surface area contributed by atoms with E-state index in [2.05, 4.69) is 12.2 Å². The molecule has 2 aliphatic heterocycles. The van der Waals surface area contributed by atoms with Crippen molar-refractivity contribution in [3.8, 4) is 0 Å². The molecule has 4 heteroatoms. The van der Waals surface area contributed by atoms with Crippen molar-refractivity contribution in [1.82, 2.24) is 10.2 Å². The quantitative estimate of drug-likeness (QED) is 0.712. The lowest BCUT2D eigenvalue weighted by Gasteiger charge is -2.26. The molecule has 2 rings (SSSR count). The largest absolute Gasteiger partial charge is 0.379 e. The Morgan fingerprint density at radius 1 is 1.47 bits per heavy atom. The molecule has 0 saturated carbocycles. The monoisotopic (exact) mass is 212 g/mol. The van der Waals surface area contributed by atoms with Gasteiger partial charge in [0.2, 0.25) is 5.91 Å². The van der Waals surface area contributed by atoms with E-state index in [9.17, 15) is 4.79 Å². The zero-order valence-corrected chi connectivity index (χ0v) is 9.53. The molecule has 3 atom stereocenters. The normalized spacial score (nSPS) is 36.1. The molecule has 0 bridgehead atoms. The molecule has 1 N–H and O–H groups in total. The summed E-state index contributed by atoms with van der Waals surface area (Å²) >= 11 is 0. The lowest BCUT2D eigenvalue weighted by atomic mass is 10.0. The molecule has 2 heterocycles. The first kappa shape index (κ1) is 10.9. The van der Waals surface area contributed by atoms with Crippen molar-refractivity contribution in [1.29, 1.82) is 0 Å². The Morgan fingerprint density at radius 2 is 2.27 bits per heavy atom. The third-order valence-electron chi connectivity index (χ3n) is 3.60.